The van der Waals surface area contributed by atoms with Crippen LogP contribution in [0.4, 0.5) is 0 Å². The van der Waals surface area contributed by atoms with Gasteiger partial charge in [-0.05, 0) is 37.5 Å². The van der Waals surface area contributed by atoms with Crippen LogP contribution >= 0.6 is 0 Å². The fourth-order valence-corrected chi connectivity index (χ4v) is 5.55. The van der Waals surface area contributed by atoms with Gasteiger partial charge in [0.05, 0.1) is 10.9 Å². The highest BCUT2D eigenvalue weighted by molar-refractivity contribution is 7.89. The number of sulfonamides is 1. The first kappa shape index (κ1) is 22.4. The molecule has 0 radical (unpaired) electrons. The lowest BCUT2D eigenvalue weighted by Crippen LogP contribution is -2.50. The second-order valence-corrected chi connectivity index (χ2v) is 10.9. The number of benzene rings is 2. The van der Waals surface area contributed by atoms with Crippen LogP contribution in [-0.2, 0) is 21.2 Å². The van der Waals surface area contributed by atoms with Crippen LogP contribution < -0.4 is 0 Å². The topological polar surface area (TPSA) is 54.5 Å². The van der Waals surface area contributed by atoms with Crippen molar-refractivity contribution in [3.05, 3.63) is 77.9 Å². The quantitative estimate of drug-likeness (QED) is 0.617. The van der Waals surface area contributed by atoms with E-state index >= 15 is 0 Å². The lowest BCUT2D eigenvalue weighted by atomic mass is 9.86. The molecule has 4 nitrogen and oxygen atoms in total. The van der Waals surface area contributed by atoms with Gasteiger partial charge >= 0.3 is 0 Å². The Bertz CT molecular complexity index is 1000. The van der Waals surface area contributed by atoms with Crippen molar-refractivity contribution in [1.29, 1.82) is 0 Å². The Morgan fingerprint density at radius 3 is 2.27 bits per heavy atom. The molecule has 0 amide bonds. The maximum atomic E-state index is 13.7. The first-order chi connectivity index (χ1) is 14.1. The molecule has 0 aliphatic carbocycles. The number of aryl methyl sites for hydroxylation is 1. The number of carbonyl (C=O) groups excluding carboxylic acids is 1. The highest BCUT2D eigenvalue weighted by atomic mass is 32.2. The molecular weight excluding hydrogens is 394 g/mol. The van der Waals surface area contributed by atoms with Gasteiger partial charge < -0.3 is 0 Å². The van der Waals surface area contributed by atoms with Gasteiger partial charge in [0.2, 0.25) is 10.0 Å². The normalized spacial score (nSPS) is 20.3. The molecule has 0 unspecified atom stereocenters. The van der Waals surface area contributed by atoms with Crippen LogP contribution in [0.25, 0.3) is 0 Å². The molecule has 1 aliphatic rings. The zero-order chi connectivity index (χ0) is 21.9. The Morgan fingerprint density at radius 2 is 1.67 bits per heavy atom. The molecule has 1 aliphatic heterocycles. The number of hydrogen-bond acceptors (Lipinski definition) is 3. The van der Waals surface area contributed by atoms with E-state index in [9.17, 15) is 13.2 Å². The monoisotopic (exact) mass is 425 g/mol. The van der Waals surface area contributed by atoms with E-state index in [0.29, 0.717) is 12.8 Å². The van der Waals surface area contributed by atoms with Gasteiger partial charge in [-0.3, -0.25) is 4.79 Å². The third-order valence-corrected chi connectivity index (χ3v) is 7.59. The average Bonchev–Trinajstić information content (AvgIpc) is 2.68. The number of Topliss-reactive ketones (excluding diaryl/α,β-unsaturated/α-hetero) is 1. The van der Waals surface area contributed by atoms with Crippen LogP contribution in [-0.4, -0.2) is 30.6 Å². The molecule has 2 atom stereocenters. The van der Waals surface area contributed by atoms with E-state index < -0.39 is 21.5 Å². The van der Waals surface area contributed by atoms with Gasteiger partial charge in [-0.2, -0.15) is 4.31 Å². The van der Waals surface area contributed by atoms with Gasteiger partial charge in [-0.15, -0.1) is 0 Å². The third kappa shape index (κ3) is 5.08. The second kappa shape index (κ2) is 8.86. The maximum Gasteiger partial charge on any atom is 0.243 e. The summed E-state index contributed by atoms with van der Waals surface area (Å²) in [4.78, 5) is 13.1. The molecule has 160 valence electrons. The van der Waals surface area contributed by atoms with E-state index in [2.05, 4.69) is 0 Å². The Hall–Kier alpha value is -2.24. The van der Waals surface area contributed by atoms with Crippen LogP contribution in [0.2, 0.25) is 0 Å². The van der Waals surface area contributed by atoms with Crippen molar-refractivity contribution in [3.63, 3.8) is 0 Å². The van der Waals surface area contributed by atoms with Crippen molar-refractivity contribution in [1.82, 2.24) is 4.31 Å². The van der Waals surface area contributed by atoms with Crippen molar-refractivity contribution in [2.24, 2.45) is 5.41 Å². The van der Waals surface area contributed by atoms with Crippen molar-refractivity contribution in [3.8, 4) is 0 Å². The molecular formula is C25H31NO3S. The lowest BCUT2D eigenvalue weighted by Gasteiger charge is -2.39. The smallest absolute Gasteiger partial charge is 0.243 e. The molecule has 0 N–H and O–H groups in total. The van der Waals surface area contributed by atoms with Gasteiger partial charge in [0.1, 0.15) is 5.78 Å². The van der Waals surface area contributed by atoms with E-state index in [1.54, 1.807) is 16.4 Å². The fourth-order valence-electron chi connectivity index (χ4n) is 3.77. The zero-order valence-electron chi connectivity index (χ0n) is 18.2. The summed E-state index contributed by atoms with van der Waals surface area (Å²) in [5.74, 6) is 0.0571. The molecule has 30 heavy (non-hydrogen) atoms. The average molecular weight is 426 g/mol. The largest absolute Gasteiger partial charge is 0.299 e. The molecule has 0 fully saturated rings. The van der Waals surface area contributed by atoms with Gasteiger partial charge in [-0.25, -0.2) is 8.42 Å². The first-order valence-electron chi connectivity index (χ1n) is 10.4. The zero-order valence-corrected chi connectivity index (χ0v) is 19.0. The summed E-state index contributed by atoms with van der Waals surface area (Å²) in [6.45, 7) is 7.56. The molecule has 5 heteroatoms. The third-order valence-electron chi connectivity index (χ3n) is 5.59. The standard InChI is InChI=1S/C25H31NO3S/c1-19-13-15-23(16-14-19)30(28,29)26-21(17-20-9-6-5-7-10-20)11-8-12-22(26)18-24(27)25(2,3)4/h5-10,12-16,21-22H,11,17-18H2,1-4H3/t21-,22+/m1/s1. The summed E-state index contributed by atoms with van der Waals surface area (Å²) in [7, 11) is -3.76. The molecule has 2 aromatic rings. The number of carbonyl (C=O) groups is 1. The van der Waals surface area contributed by atoms with E-state index in [-0.39, 0.29) is 23.1 Å². The minimum atomic E-state index is -3.76. The predicted molar refractivity (Wildman–Crippen MR) is 121 cm³/mol. The molecule has 0 saturated carbocycles. The van der Waals surface area contributed by atoms with Gasteiger partial charge in [0.25, 0.3) is 0 Å². The minimum Gasteiger partial charge on any atom is -0.299 e. The summed E-state index contributed by atoms with van der Waals surface area (Å²) in [5, 5.41) is 0. The molecule has 0 spiro atoms. The molecule has 1 heterocycles. The number of hydrogen-bond donors (Lipinski definition) is 0. The number of ketones is 1. The summed E-state index contributed by atoms with van der Waals surface area (Å²) in [5.41, 5.74) is 1.58. The van der Waals surface area contributed by atoms with Gasteiger partial charge in [0.15, 0.2) is 0 Å². The Morgan fingerprint density at radius 1 is 1.03 bits per heavy atom. The van der Waals surface area contributed by atoms with Crippen LogP contribution in [0, 0.1) is 12.3 Å². The molecule has 3 rings (SSSR count). The summed E-state index contributed by atoms with van der Waals surface area (Å²) < 4.78 is 29.0. The summed E-state index contributed by atoms with van der Waals surface area (Å²) in [6, 6.07) is 16.1. The van der Waals surface area contributed by atoms with E-state index in [0.717, 1.165) is 11.1 Å². The highest BCUT2D eigenvalue weighted by Crippen LogP contribution is 2.32. The molecule has 0 aromatic heterocycles. The Balaban J connectivity index is 2.01. The number of nitrogens with zero attached hydrogens (tertiary/aromatic N) is 1. The fraction of sp³-hybridized carbons (Fsp3) is 0.400. The number of rotatable bonds is 6. The van der Waals surface area contributed by atoms with Crippen LogP contribution in [0.15, 0.2) is 71.6 Å². The lowest BCUT2D eigenvalue weighted by molar-refractivity contribution is -0.127. The van der Waals surface area contributed by atoms with E-state index in [1.165, 1.54) is 0 Å². The molecule has 2 aromatic carbocycles. The summed E-state index contributed by atoms with van der Waals surface area (Å²) in [6.07, 6.45) is 5.32. The SMILES string of the molecule is Cc1ccc(S(=O)(=O)N2[C@@H](Cc3ccccc3)CC=C[C@H]2CC(=O)C(C)(C)C)cc1. The van der Waals surface area contributed by atoms with Crippen LogP contribution in [0.3, 0.4) is 0 Å². The first-order valence-corrected chi connectivity index (χ1v) is 11.9. The van der Waals surface area contributed by atoms with Crippen molar-refractivity contribution in [2.75, 3.05) is 0 Å². The van der Waals surface area contributed by atoms with E-state index in [4.69, 9.17) is 0 Å². The maximum absolute atomic E-state index is 13.7. The predicted octanol–water partition coefficient (Wildman–Crippen LogP) is 4.93. The Kier molecular flexibility index (Phi) is 6.63. The van der Waals surface area contributed by atoms with Crippen molar-refractivity contribution < 1.29 is 13.2 Å². The van der Waals surface area contributed by atoms with Crippen LogP contribution in [0.1, 0.15) is 44.7 Å². The van der Waals surface area contributed by atoms with E-state index in [1.807, 2.05) is 82.3 Å². The second-order valence-electron chi connectivity index (χ2n) is 9.10. The van der Waals surface area contributed by atoms with Gasteiger partial charge in [0, 0.05) is 17.9 Å². The summed E-state index contributed by atoms with van der Waals surface area (Å²) >= 11 is 0. The van der Waals surface area contributed by atoms with Crippen LogP contribution in [0.5, 0.6) is 0 Å². The highest BCUT2D eigenvalue weighted by Gasteiger charge is 2.39. The van der Waals surface area contributed by atoms with Crippen molar-refractivity contribution in [2.45, 2.75) is 63.9 Å². The Labute approximate surface area is 180 Å². The van der Waals surface area contributed by atoms with Crippen molar-refractivity contribution >= 4 is 15.8 Å². The van der Waals surface area contributed by atoms with Gasteiger partial charge in [-0.1, -0.05) is 81.0 Å². The minimum absolute atomic E-state index is 0.0571. The molecule has 0 saturated heterocycles. The molecule has 0 bridgehead atoms.